The van der Waals surface area contributed by atoms with E-state index in [4.69, 9.17) is 0 Å². The van der Waals surface area contributed by atoms with Gasteiger partial charge in [0.2, 0.25) is 12.1 Å². The Morgan fingerprint density at radius 1 is 1.21 bits per heavy atom. The van der Waals surface area contributed by atoms with E-state index in [1.54, 1.807) is 11.6 Å². The third kappa shape index (κ3) is 3.62. The molecule has 3 rings (SSSR count). The van der Waals surface area contributed by atoms with Crippen molar-refractivity contribution in [3.8, 4) is 0 Å². The zero-order valence-electron chi connectivity index (χ0n) is 13.7. The van der Waals surface area contributed by atoms with Crippen molar-refractivity contribution in [2.24, 2.45) is 7.05 Å². The van der Waals surface area contributed by atoms with Crippen molar-refractivity contribution in [1.29, 1.82) is 0 Å². The third-order valence-electron chi connectivity index (χ3n) is 4.21. The Morgan fingerprint density at radius 2 is 1.92 bits per heavy atom. The Kier molecular flexibility index (Phi) is 4.90. The summed E-state index contributed by atoms with van der Waals surface area (Å²) in [6.45, 7) is 4.16. The molecule has 1 aromatic heterocycles. The lowest BCUT2D eigenvalue weighted by Gasteiger charge is -2.34. The van der Waals surface area contributed by atoms with Gasteiger partial charge in [-0.2, -0.15) is 0 Å². The number of hydrogen-bond acceptors (Lipinski definition) is 5. The number of anilines is 1. The van der Waals surface area contributed by atoms with Gasteiger partial charge in [0.25, 0.3) is 0 Å². The first-order valence-electron chi connectivity index (χ1n) is 8.00. The summed E-state index contributed by atoms with van der Waals surface area (Å²) in [6, 6.07) is 10.2. The summed E-state index contributed by atoms with van der Waals surface area (Å²) in [5, 5.41) is 11.1. The minimum atomic E-state index is -0.412. The van der Waals surface area contributed by atoms with Crippen LogP contribution in [-0.2, 0) is 7.05 Å². The highest BCUT2D eigenvalue weighted by atomic mass is 16.6. The number of piperazine rings is 1. The fourth-order valence-electron chi connectivity index (χ4n) is 2.95. The Balaban J connectivity index is 1.56. The largest absolute Gasteiger partial charge is 0.406 e. The van der Waals surface area contributed by atoms with Crippen LogP contribution in [0.1, 0.15) is 5.56 Å². The van der Waals surface area contributed by atoms with Crippen LogP contribution in [-0.4, -0.2) is 52.1 Å². The molecule has 0 N–H and O–H groups in total. The fourth-order valence-corrected chi connectivity index (χ4v) is 2.95. The molecule has 1 fully saturated rings. The lowest BCUT2D eigenvalue weighted by atomic mass is 10.2. The maximum atomic E-state index is 11.1. The molecule has 0 saturated carbocycles. The molecule has 1 saturated heterocycles. The number of imidazole rings is 1. The molecule has 24 heavy (non-hydrogen) atoms. The Bertz CT molecular complexity index is 718. The highest BCUT2D eigenvalue weighted by Crippen LogP contribution is 2.26. The van der Waals surface area contributed by atoms with Gasteiger partial charge in [-0.3, -0.25) is 9.47 Å². The van der Waals surface area contributed by atoms with E-state index in [0.29, 0.717) is 5.82 Å². The molecule has 2 heterocycles. The van der Waals surface area contributed by atoms with Crippen LogP contribution in [0.3, 0.4) is 0 Å². The van der Waals surface area contributed by atoms with Gasteiger partial charge in [0.1, 0.15) is 0 Å². The Morgan fingerprint density at radius 3 is 2.58 bits per heavy atom. The van der Waals surface area contributed by atoms with Crippen LogP contribution in [0.5, 0.6) is 0 Å². The fraction of sp³-hybridized carbons (Fsp3) is 0.353. The Labute approximate surface area is 141 Å². The predicted octanol–water partition coefficient (Wildman–Crippen LogP) is 2.16. The van der Waals surface area contributed by atoms with Crippen LogP contribution in [0.15, 0.2) is 42.7 Å². The standard InChI is InChI=1S/C17H21N5O2/c1-19-14-18-16(22(23)24)17(19)21-12-10-20(11-13-21)9-5-8-15-6-3-2-4-7-15/h2-8,14H,9-13H2,1H3. The second-order valence-corrected chi connectivity index (χ2v) is 5.86. The van der Waals surface area contributed by atoms with Crippen molar-refractivity contribution in [3.05, 3.63) is 58.4 Å². The number of nitrogens with zero attached hydrogens (tertiary/aromatic N) is 5. The van der Waals surface area contributed by atoms with E-state index >= 15 is 0 Å². The summed E-state index contributed by atoms with van der Waals surface area (Å²) in [5.74, 6) is 0.536. The van der Waals surface area contributed by atoms with Gasteiger partial charge in [-0.15, -0.1) is 0 Å². The lowest BCUT2D eigenvalue weighted by molar-refractivity contribution is -0.388. The zero-order chi connectivity index (χ0) is 16.9. The minimum Gasteiger partial charge on any atom is -0.358 e. The molecule has 1 aliphatic heterocycles. The van der Waals surface area contributed by atoms with Crippen molar-refractivity contribution in [3.63, 3.8) is 0 Å². The summed E-state index contributed by atoms with van der Waals surface area (Å²) in [4.78, 5) is 19.0. The van der Waals surface area contributed by atoms with Crippen molar-refractivity contribution in [2.45, 2.75) is 0 Å². The van der Waals surface area contributed by atoms with Gasteiger partial charge < -0.3 is 15.0 Å². The number of aromatic nitrogens is 2. The number of rotatable bonds is 5. The number of hydrogen-bond donors (Lipinski definition) is 0. The van der Waals surface area contributed by atoms with Gasteiger partial charge in [-0.05, 0) is 15.5 Å². The molecule has 0 unspecified atom stereocenters. The molecule has 7 heteroatoms. The van der Waals surface area contributed by atoms with Crippen molar-refractivity contribution >= 4 is 17.7 Å². The first-order valence-corrected chi connectivity index (χ1v) is 8.00. The summed E-state index contributed by atoms with van der Waals surface area (Å²) in [5.41, 5.74) is 1.20. The molecule has 0 amide bonds. The number of aryl methyl sites for hydroxylation is 1. The molecule has 0 aliphatic carbocycles. The molecule has 2 aromatic rings. The maximum Gasteiger partial charge on any atom is 0.406 e. The smallest absolute Gasteiger partial charge is 0.358 e. The van der Waals surface area contributed by atoms with E-state index in [1.807, 2.05) is 23.1 Å². The lowest BCUT2D eigenvalue weighted by Crippen LogP contribution is -2.47. The molecule has 0 atom stereocenters. The average molecular weight is 327 g/mol. The quantitative estimate of drug-likeness (QED) is 0.622. The van der Waals surface area contributed by atoms with E-state index in [1.165, 1.54) is 11.9 Å². The highest BCUT2D eigenvalue weighted by Gasteiger charge is 2.27. The van der Waals surface area contributed by atoms with Crippen LogP contribution in [0.25, 0.3) is 6.08 Å². The van der Waals surface area contributed by atoms with Crippen LogP contribution in [0, 0.1) is 10.1 Å². The predicted molar refractivity (Wildman–Crippen MR) is 94.0 cm³/mol. The maximum absolute atomic E-state index is 11.1. The molecule has 7 nitrogen and oxygen atoms in total. The van der Waals surface area contributed by atoms with Crippen LogP contribution >= 0.6 is 0 Å². The molecular formula is C17H21N5O2. The summed E-state index contributed by atoms with van der Waals surface area (Å²) in [6.07, 6.45) is 5.79. The number of nitro groups is 1. The second kappa shape index (κ2) is 7.27. The zero-order valence-corrected chi connectivity index (χ0v) is 13.7. The van der Waals surface area contributed by atoms with Crippen LogP contribution in [0.2, 0.25) is 0 Å². The van der Waals surface area contributed by atoms with Gasteiger partial charge in [0, 0.05) is 39.8 Å². The molecule has 1 aliphatic rings. The molecule has 0 bridgehead atoms. The van der Waals surface area contributed by atoms with Crippen LogP contribution < -0.4 is 4.90 Å². The molecule has 126 valence electrons. The molecular weight excluding hydrogens is 306 g/mol. The van der Waals surface area contributed by atoms with Crippen molar-refractivity contribution in [2.75, 3.05) is 37.6 Å². The highest BCUT2D eigenvalue weighted by molar-refractivity contribution is 5.55. The van der Waals surface area contributed by atoms with Gasteiger partial charge in [-0.25, -0.2) is 0 Å². The van der Waals surface area contributed by atoms with Gasteiger partial charge in [-0.1, -0.05) is 42.5 Å². The first-order chi connectivity index (χ1) is 11.6. The Hall–Kier alpha value is -2.67. The van der Waals surface area contributed by atoms with Gasteiger partial charge in [0.05, 0.1) is 0 Å². The first kappa shape index (κ1) is 16.2. The minimum absolute atomic E-state index is 0.0603. The summed E-state index contributed by atoms with van der Waals surface area (Å²) < 4.78 is 1.73. The average Bonchev–Trinajstić information content (AvgIpc) is 2.98. The molecule has 0 spiro atoms. The van der Waals surface area contributed by atoms with E-state index < -0.39 is 4.92 Å². The van der Waals surface area contributed by atoms with Crippen molar-refractivity contribution < 1.29 is 4.92 Å². The molecule has 0 radical (unpaired) electrons. The van der Waals surface area contributed by atoms with E-state index in [0.717, 1.165) is 32.7 Å². The van der Waals surface area contributed by atoms with E-state index in [9.17, 15) is 10.1 Å². The van der Waals surface area contributed by atoms with Gasteiger partial charge in [0.15, 0.2) is 0 Å². The second-order valence-electron chi connectivity index (χ2n) is 5.86. The van der Waals surface area contributed by atoms with Gasteiger partial charge >= 0.3 is 5.82 Å². The van der Waals surface area contributed by atoms with Crippen molar-refractivity contribution in [1.82, 2.24) is 14.5 Å². The van der Waals surface area contributed by atoms with Crippen LogP contribution in [0.4, 0.5) is 11.6 Å². The summed E-state index contributed by atoms with van der Waals surface area (Å²) in [7, 11) is 1.80. The SMILES string of the molecule is Cn1cnc([N+](=O)[O-])c1N1CCN(CC=Cc2ccccc2)CC1. The topological polar surface area (TPSA) is 67.4 Å². The van der Waals surface area contributed by atoms with E-state index in [-0.39, 0.29) is 5.82 Å². The van der Waals surface area contributed by atoms with E-state index in [2.05, 4.69) is 34.2 Å². The third-order valence-corrected chi connectivity index (χ3v) is 4.21. The number of benzene rings is 1. The monoisotopic (exact) mass is 327 g/mol. The molecule has 1 aromatic carbocycles. The normalized spacial score (nSPS) is 16.0. The summed E-state index contributed by atoms with van der Waals surface area (Å²) >= 11 is 0.